The molecule has 0 amide bonds. The zero-order chi connectivity index (χ0) is 14.0. The average Bonchev–Trinajstić information content (AvgIpc) is 2.67. The molecule has 2 rings (SSSR count). The van der Waals surface area contributed by atoms with Gasteiger partial charge in [-0.05, 0) is 19.4 Å². The normalized spacial score (nSPS) is 10.7. The number of hydrogen-bond donors (Lipinski definition) is 1. The van der Waals surface area contributed by atoms with Crippen LogP contribution in [0, 0.1) is 13.8 Å². The first kappa shape index (κ1) is 13.3. The van der Waals surface area contributed by atoms with Gasteiger partial charge in [-0.3, -0.25) is 9.48 Å². The standard InChI is InChI=1S/C14H17N3O2/c1-9-4-5-11(10(2)8-9)14-15-12(17(3)16-14)6-7-13(18)19/h4-5,8H,6-7H2,1-3H3,(H,18,19). The number of carbonyl (C=O) groups is 1. The summed E-state index contributed by atoms with van der Waals surface area (Å²) in [6, 6.07) is 6.11. The Labute approximate surface area is 111 Å². The monoisotopic (exact) mass is 259 g/mol. The van der Waals surface area contributed by atoms with Crippen LogP contribution in [0.15, 0.2) is 18.2 Å². The Hall–Kier alpha value is -2.17. The van der Waals surface area contributed by atoms with Gasteiger partial charge in [-0.15, -0.1) is 0 Å². The highest BCUT2D eigenvalue weighted by molar-refractivity contribution is 5.67. The van der Waals surface area contributed by atoms with Crippen molar-refractivity contribution < 1.29 is 9.90 Å². The summed E-state index contributed by atoms with van der Waals surface area (Å²) in [7, 11) is 1.79. The maximum Gasteiger partial charge on any atom is 0.303 e. The molecule has 0 spiro atoms. The van der Waals surface area contributed by atoms with E-state index in [2.05, 4.69) is 16.1 Å². The van der Waals surface area contributed by atoms with Crippen molar-refractivity contribution >= 4 is 5.97 Å². The number of aryl methyl sites for hydroxylation is 4. The third-order valence-electron chi connectivity index (χ3n) is 3.04. The van der Waals surface area contributed by atoms with Gasteiger partial charge in [-0.2, -0.15) is 5.10 Å². The molecule has 100 valence electrons. The lowest BCUT2D eigenvalue weighted by atomic mass is 10.1. The van der Waals surface area contributed by atoms with Gasteiger partial charge in [-0.1, -0.05) is 23.8 Å². The van der Waals surface area contributed by atoms with E-state index < -0.39 is 5.97 Å². The minimum atomic E-state index is -0.823. The fourth-order valence-electron chi connectivity index (χ4n) is 2.03. The van der Waals surface area contributed by atoms with Gasteiger partial charge in [0.15, 0.2) is 5.82 Å². The molecule has 19 heavy (non-hydrogen) atoms. The van der Waals surface area contributed by atoms with Crippen LogP contribution >= 0.6 is 0 Å². The van der Waals surface area contributed by atoms with E-state index in [9.17, 15) is 4.79 Å². The van der Waals surface area contributed by atoms with Crippen molar-refractivity contribution in [3.8, 4) is 11.4 Å². The molecule has 0 radical (unpaired) electrons. The third-order valence-corrected chi connectivity index (χ3v) is 3.04. The van der Waals surface area contributed by atoms with E-state index in [0.717, 1.165) is 11.1 Å². The first-order chi connectivity index (χ1) is 8.97. The molecule has 1 N–H and O–H groups in total. The van der Waals surface area contributed by atoms with Gasteiger partial charge in [0.1, 0.15) is 5.82 Å². The van der Waals surface area contributed by atoms with E-state index in [-0.39, 0.29) is 6.42 Å². The predicted octanol–water partition coefficient (Wildman–Crippen LogP) is 2.12. The van der Waals surface area contributed by atoms with Crippen molar-refractivity contribution in [1.82, 2.24) is 14.8 Å². The summed E-state index contributed by atoms with van der Waals surface area (Å²) in [5, 5.41) is 13.1. The first-order valence-corrected chi connectivity index (χ1v) is 6.16. The maximum absolute atomic E-state index is 10.6. The summed E-state index contributed by atoms with van der Waals surface area (Å²) in [5.41, 5.74) is 3.31. The van der Waals surface area contributed by atoms with Crippen molar-refractivity contribution in [3.05, 3.63) is 35.2 Å². The zero-order valence-electron chi connectivity index (χ0n) is 11.3. The molecule has 1 aromatic heterocycles. The fraction of sp³-hybridized carbons (Fsp3) is 0.357. The zero-order valence-corrected chi connectivity index (χ0v) is 11.3. The summed E-state index contributed by atoms with van der Waals surface area (Å²) in [4.78, 5) is 15.0. The van der Waals surface area contributed by atoms with E-state index in [4.69, 9.17) is 5.11 Å². The second-order valence-electron chi connectivity index (χ2n) is 4.69. The van der Waals surface area contributed by atoms with Crippen molar-refractivity contribution in [2.45, 2.75) is 26.7 Å². The Morgan fingerprint density at radius 1 is 1.37 bits per heavy atom. The highest BCUT2D eigenvalue weighted by Gasteiger charge is 2.12. The summed E-state index contributed by atoms with van der Waals surface area (Å²) in [5.74, 6) is 0.522. The van der Waals surface area contributed by atoms with Crippen molar-refractivity contribution in [2.75, 3.05) is 0 Å². The Morgan fingerprint density at radius 2 is 2.11 bits per heavy atom. The second kappa shape index (κ2) is 5.22. The summed E-state index contributed by atoms with van der Waals surface area (Å²) < 4.78 is 1.65. The van der Waals surface area contributed by atoms with Gasteiger partial charge in [0.05, 0.1) is 6.42 Å². The Kier molecular flexibility index (Phi) is 3.64. The average molecular weight is 259 g/mol. The molecule has 5 nitrogen and oxygen atoms in total. The number of aliphatic carboxylic acids is 1. The van der Waals surface area contributed by atoms with Gasteiger partial charge < -0.3 is 5.11 Å². The second-order valence-corrected chi connectivity index (χ2v) is 4.69. The van der Waals surface area contributed by atoms with Crippen LogP contribution in [-0.2, 0) is 18.3 Å². The van der Waals surface area contributed by atoms with Crippen molar-refractivity contribution in [3.63, 3.8) is 0 Å². The molecular formula is C14H17N3O2. The summed E-state index contributed by atoms with van der Waals surface area (Å²) in [6.07, 6.45) is 0.461. The molecule has 0 saturated heterocycles. The molecule has 2 aromatic rings. The number of aromatic nitrogens is 3. The van der Waals surface area contributed by atoms with E-state index in [1.54, 1.807) is 11.7 Å². The summed E-state index contributed by atoms with van der Waals surface area (Å²) >= 11 is 0. The highest BCUT2D eigenvalue weighted by atomic mass is 16.4. The van der Waals surface area contributed by atoms with Gasteiger partial charge in [0, 0.05) is 19.0 Å². The van der Waals surface area contributed by atoms with E-state index in [1.807, 2.05) is 26.0 Å². The maximum atomic E-state index is 10.6. The van der Waals surface area contributed by atoms with E-state index >= 15 is 0 Å². The lowest BCUT2D eigenvalue weighted by Crippen LogP contribution is -2.03. The molecule has 0 fully saturated rings. The quantitative estimate of drug-likeness (QED) is 0.913. The summed E-state index contributed by atoms with van der Waals surface area (Å²) in [6.45, 7) is 4.07. The number of rotatable bonds is 4. The van der Waals surface area contributed by atoms with Crippen LogP contribution < -0.4 is 0 Å². The minimum Gasteiger partial charge on any atom is -0.481 e. The first-order valence-electron chi connectivity index (χ1n) is 6.16. The number of carboxylic acids is 1. The lowest BCUT2D eigenvalue weighted by molar-refractivity contribution is -0.137. The lowest BCUT2D eigenvalue weighted by Gasteiger charge is -2.02. The van der Waals surface area contributed by atoms with Crippen molar-refractivity contribution in [1.29, 1.82) is 0 Å². The smallest absolute Gasteiger partial charge is 0.303 e. The molecule has 0 aliphatic rings. The number of hydrogen-bond acceptors (Lipinski definition) is 3. The highest BCUT2D eigenvalue weighted by Crippen LogP contribution is 2.21. The van der Waals surface area contributed by atoms with Gasteiger partial charge >= 0.3 is 5.97 Å². The largest absolute Gasteiger partial charge is 0.481 e. The SMILES string of the molecule is Cc1ccc(-c2nc(CCC(=O)O)n(C)n2)c(C)c1. The van der Waals surface area contributed by atoms with Gasteiger partial charge in [-0.25, -0.2) is 4.98 Å². The molecule has 0 atom stereocenters. The third kappa shape index (κ3) is 2.99. The molecule has 1 heterocycles. The van der Waals surface area contributed by atoms with Crippen LogP contribution in [0.4, 0.5) is 0 Å². The molecule has 1 aromatic carbocycles. The number of carboxylic acid groups (broad SMARTS) is 1. The minimum absolute atomic E-state index is 0.0683. The topological polar surface area (TPSA) is 68.0 Å². The molecule has 5 heteroatoms. The number of nitrogens with zero attached hydrogens (tertiary/aromatic N) is 3. The molecule has 0 aliphatic heterocycles. The van der Waals surface area contributed by atoms with E-state index in [1.165, 1.54) is 5.56 Å². The van der Waals surface area contributed by atoms with E-state index in [0.29, 0.717) is 18.1 Å². The molecule has 0 bridgehead atoms. The van der Waals surface area contributed by atoms with Crippen LogP contribution in [-0.4, -0.2) is 25.8 Å². The predicted molar refractivity (Wildman–Crippen MR) is 71.9 cm³/mol. The van der Waals surface area contributed by atoms with Crippen LogP contribution in [0.5, 0.6) is 0 Å². The van der Waals surface area contributed by atoms with Crippen LogP contribution in [0.2, 0.25) is 0 Å². The number of benzene rings is 1. The Morgan fingerprint density at radius 3 is 2.74 bits per heavy atom. The molecular weight excluding hydrogens is 242 g/mol. The Bertz CT molecular complexity index is 617. The van der Waals surface area contributed by atoms with Crippen LogP contribution in [0.25, 0.3) is 11.4 Å². The molecule has 0 saturated carbocycles. The molecule has 0 aliphatic carbocycles. The van der Waals surface area contributed by atoms with Crippen LogP contribution in [0.3, 0.4) is 0 Å². The Balaban J connectivity index is 2.31. The van der Waals surface area contributed by atoms with Gasteiger partial charge in [0.2, 0.25) is 0 Å². The van der Waals surface area contributed by atoms with Crippen molar-refractivity contribution in [2.24, 2.45) is 7.05 Å². The van der Waals surface area contributed by atoms with Crippen LogP contribution in [0.1, 0.15) is 23.4 Å². The van der Waals surface area contributed by atoms with Gasteiger partial charge in [0.25, 0.3) is 0 Å². The fourth-order valence-corrected chi connectivity index (χ4v) is 2.03. The molecule has 0 unspecified atom stereocenters.